The Morgan fingerprint density at radius 3 is 1.82 bits per heavy atom. The van der Waals surface area contributed by atoms with Gasteiger partial charge < -0.3 is 18.3 Å². The summed E-state index contributed by atoms with van der Waals surface area (Å²) in [4.78, 5) is 2.40. The van der Waals surface area contributed by atoms with Gasteiger partial charge >= 0.3 is 0 Å². The molecule has 0 aliphatic carbocycles. The average molecular weight is 767 g/mol. The normalized spacial score (nSPS) is 12.0. The monoisotopic (exact) mass is 766 g/mol. The van der Waals surface area contributed by atoms with Gasteiger partial charge in [0.1, 0.15) is 22.3 Å². The van der Waals surface area contributed by atoms with Crippen molar-refractivity contribution in [2.45, 2.75) is 0 Å². The van der Waals surface area contributed by atoms with Crippen LogP contribution in [0.1, 0.15) is 0 Å². The van der Waals surface area contributed by atoms with Crippen molar-refractivity contribution in [1.29, 1.82) is 0 Å². The van der Waals surface area contributed by atoms with E-state index in [-0.39, 0.29) is 0 Å². The lowest BCUT2D eigenvalue weighted by Gasteiger charge is -2.28. The summed E-state index contributed by atoms with van der Waals surface area (Å²) in [6, 6.07) is 73.9. The zero-order valence-electron chi connectivity index (χ0n) is 32.3. The van der Waals surface area contributed by atoms with Gasteiger partial charge in [-0.15, -0.1) is 0 Å². The molecular weight excluding hydrogens is 733 g/mol. The zero-order chi connectivity index (χ0) is 39.3. The molecule has 0 fully saturated rings. The molecule has 0 atom stereocenters. The molecule has 4 nitrogen and oxygen atoms in total. The minimum absolute atomic E-state index is 0.840. The van der Waals surface area contributed by atoms with Crippen LogP contribution < -0.4 is 4.90 Å². The molecule has 0 amide bonds. The molecule has 0 unspecified atom stereocenters. The van der Waals surface area contributed by atoms with Crippen LogP contribution >= 0.6 is 0 Å². The molecule has 0 spiro atoms. The topological polar surface area (TPSA) is 34.5 Å². The summed E-state index contributed by atoms with van der Waals surface area (Å²) in [5.74, 6) is 0. The van der Waals surface area contributed by atoms with Crippen molar-refractivity contribution in [3.05, 3.63) is 206 Å². The molecule has 3 aromatic heterocycles. The van der Waals surface area contributed by atoms with Gasteiger partial charge in [0.15, 0.2) is 0 Å². The Morgan fingerprint density at radius 1 is 0.350 bits per heavy atom. The van der Waals surface area contributed by atoms with Crippen LogP contribution in [0.5, 0.6) is 0 Å². The first-order chi connectivity index (χ1) is 29.7. The summed E-state index contributed by atoms with van der Waals surface area (Å²) < 4.78 is 15.6. The number of fused-ring (bicyclic) bond motifs is 12. The summed E-state index contributed by atoms with van der Waals surface area (Å²) >= 11 is 0. The van der Waals surface area contributed by atoms with Gasteiger partial charge in [0.25, 0.3) is 0 Å². The standard InChI is InChI=1S/C56H34N2O2/c1-2-13-38(14-3-1)58-48-19-9-6-16-43(48)44-28-25-39(33-50(44)58)57(40-26-29-46-45-17-7-10-20-51(45)60-54(46)34-40)49-30-31-53-56(47-18-8-11-21-52(47)59-53)55(49)37-24-27-42-36(32-37)23-22-35-12-4-5-15-41(35)42/h1-34H. The largest absolute Gasteiger partial charge is 0.456 e. The van der Waals surface area contributed by atoms with Crippen LogP contribution in [0.2, 0.25) is 0 Å². The van der Waals surface area contributed by atoms with Crippen molar-refractivity contribution in [2.75, 3.05) is 4.90 Å². The Kier molecular flexibility index (Phi) is 6.98. The molecule has 0 saturated carbocycles. The molecular formula is C56H34N2O2. The van der Waals surface area contributed by atoms with Crippen molar-refractivity contribution >= 4 is 104 Å². The van der Waals surface area contributed by atoms with Gasteiger partial charge in [-0.2, -0.15) is 0 Å². The first kappa shape index (κ1) is 32.9. The molecule has 13 rings (SSSR count). The van der Waals surface area contributed by atoms with Crippen LogP contribution in [0.15, 0.2) is 215 Å². The maximum absolute atomic E-state index is 6.62. The Labute approximate surface area is 344 Å². The maximum Gasteiger partial charge on any atom is 0.137 e. The molecule has 60 heavy (non-hydrogen) atoms. The number of nitrogens with zero attached hydrogens (tertiary/aromatic N) is 2. The first-order valence-electron chi connectivity index (χ1n) is 20.4. The quantitative estimate of drug-likeness (QED) is 0.164. The van der Waals surface area contributed by atoms with Gasteiger partial charge in [0.05, 0.1) is 16.7 Å². The minimum atomic E-state index is 0.840. The van der Waals surface area contributed by atoms with Crippen LogP contribution in [0.4, 0.5) is 17.1 Å². The Morgan fingerprint density at radius 2 is 0.950 bits per heavy atom. The Bertz CT molecular complexity index is 3850. The van der Waals surface area contributed by atoms with E-state index in [1.807, 2.05) is 18.2 Å². The number of aromatic nitrogens is 1. The maximum atomic E-state index is 6.62. The van der Waals surface area contributed by atoms with Crippen molar-refractivity contribution in [1.82, 2.24) is 4.57 Å². The molecule has 0 aliphatic rings. The van der Waals surface area contributed by atoms with E-state index in [9.17, 15) is 0 Å². The molecule has 0 radical (unpaired) electrons. The Hall–Kier alpha value is -8.08. The van der Waals surface area contributed by atoms with E-state index in [2.05, 4.69) is 198 Å². The lowest BCUT2D eigenvalue weighted by atomic mass is 9.93. The van der Waals surface area contributed by atoms with E-state index in [1.54, 1.807) is 0 Å². The summed E-state index contributed by atoms with van der Waals surface area (Å²) in [6.45, 7) is 0. The molecule has 0 N–H and O–H groups in total. The molecule has 0 bridgehead atoms. The second-order valence-corrected chi connectivity index (χ2v) is 15.7. The van der Waals surface area contributed by atoms with Crippen LogP contribution in [0, 0.1) is 0 Å². The van der Waals surface area contributed by atoms with Crippen LogP contribution in [0.25, 0.3) is 104 Å². The van der Waals surface area contributed by atoms with Gasteiger partial charge in [0, 0.05) is 61.0 Å². The fourth-order valence-corrected chi connectivity index (χ4v) is 9.69. The lowest BCUT2D eigenvalue weighted by molar-refractivity contribution is 0.668. The highest BCUT2D eigenvalue weighted by molar-refractivity contribution is 6.18. The van der Waals surface area contributed by atoms with E-state index in [0.717, 1.165) is 83.3 Å². The zero-order valence-corrected chi connectivity index (χ0v) is 32.3. The van der Waals surface area contributed by atoms with Crippen LogP contribution in [-0.2, 0) is 0 Å². The highest BCUT2D eigenvalue weighted by Crippen LogP contribution is 2.49. The number of hydrogen-bond acceptors (Lipinski definition) is 3. The smallest absolute Gasteiger partial charge is 0.137 e. The van der Waals surface area contributed by atoms with Crippen molar-refractivity contribution < 1.29 is 8.83 Å². The van der Waals surface area contributed by atoms with E-state index in [0.29, 0.717) is 0 Å². The first-order valence-corrected chi connectivity index (χ1v) is 20.4. The third-order valence-electron chi connectivity index (χ3n) is 12.3. The van der Waals surface area contributed by atoms with Gasteiger partial charge in [-0.25, -0.2) is 0 Å². The second kappa shape index (κ2) is 12.7. The fourth-order valence-electron chi connectivity index (χ4n) is 9.69. The number of rotatable bonds is 5. The Balaban J connectivity index is 1.14. The number of anilines is 3. The van der Waals surface area contributed by atoms with E-state index in [1.165, 1.54) is 37.8 Å². The molecule has 13 aromatic rings. The molecule has 280 valence electrons. The fraction of sp³-hybridized carbons (Fsp3) is 0. The summed E-state index contributed by atoms with van der Waals surface area (Å²) in [5, 5.41) is 11.7. The van der Waals surface area contributed by atoms with E-state index < -0.39 is 0 Å². The molecule has 4 heteroatoms. The molecule has 0 aliphatic heterocycles. The number of furan rings is 2. The van der Waals surface area contributed by atoms with Crippen LogP contribution in [0.3, 0.4) is 0 Å². The van der Waals surface area contributed by atoms with Gasteiger partial charge in [0.2, 0.25) is 0 Å². The van der Waals surface area contributed by atoms with Crippen molar-refractivity contribution in [2.24, 2.45) is 0 Å². The van der Waals surface area contributed by atoms with Crippen molar-refractivity contribution in [3.63, 3.8) is 0 Å². The SMILES string of the molecule is c1ccc(-n2c3ccccc3c3ccc(N(c4ccc5c(c4)oc4ccccc45)c4ccc5oc6ccccc6c5c4-c4ccc5c(ccc6ccccc65)c4)cc32)cc1. The third kappa shape index (κ3) is 4.85. The van der Waals surface area contributed by atoms with Crippen LogP contribution in [-0.4, -0.2) is 4.57 Å². The number of benzene rings is 10. The van der Waals surface area contributed by atoms with E-state index in [4.69, 9.17) is 8.83 Å². The summed E-state index contributed by atoms with van der Waals surface area (Å²) in [7, 11) is 0. The predicted octanol–water partition coefficient (Wildman–Crippen LogP) is 16.0. The van der Waals surface area contributed by atoms with E-state index >= 15 is 0 Å². The van der Waals surface area contributed by atoms with Crippen molar-refractivity contribution in [3.8, 4) is 16.8 Å². The summed E-state index contributed by atoms with van der Waals surface area (Å²) in [5.41, 5.74) is 12.1. The average Bonchev–Trinajstić information content (AvgIpc) is 3.98. The highest BCUT2D eigenvalue weighted by atomic mass is 16.3. The second-order valence-electron chi connectivity index (χ2n) is 15.7. The minimum Gasteiger partial charge on any atom is -0.456 e. The molecule has 3 heterocycles. The highest BCUT2D eigenvalue weighted by Gasteiger charge is 2.25. The van der Waals surface area contributed by atoms with Gasteiger partial charge in [-0.1, -0.05) is 127 Å². The third-order valence-corrected chi connectivity index (χ3v) is 12.3. The summed E-state index contributed by atoms with van der Waals surface area (Å²) in [6.07, 6.45) is 0. The predicted molar refractivity (Wildman–Crippen MR) is 250 cm³/mol. The number of hydrogen-bond donors (Lipinski definition) is 0. The molecule has 0 saturated heterocycles. The van der Waals surface area contributed by atoms with Gasteiger partial charge in [-0.3, -0.25) is 0 Å². The lowest BCUT2D eigenvalue weighted by Crippen LogP contribution is -2.11. The molecule has 10 aromatic carbocycles. The van der Waals surface area contributed by atoms with Gasteiger partial charge in [-0.05, 0) is 99.9 Å². The number of para-hydroxylation sites is 4.